The molecule has 1 aliphatic carbocycles. The van der Waals surface area contributed by atoms with Crippen LogP contribution < -0.4 is 11.1 Å². The fourth-order valence-electron chi connectivity index (χ4n) is 2.28. The highest BCUT2D eigenvalue weighted by molar-refractivity contribution is 5.82. The lowest BCUT2D eigenvalue weighted by atomic mass is 9.79. The molecule has 0 heterocycles. The van der Waals surface area contributed by atoms with E-state index in [4.69, 9.17) is 5.73 Å². The van der Waals surface area contributed by atoms with Crippen molar-refractivity contribution in [1.82, 2.24) is 5.32 Å². The van der Waals surface area contributed by atoms with E-state index in [0.29, 0.717) is 12.0 Å². The molecule has 1 aliphatic rings. The van der Waals surface area contributed by atoms with Crippen LogP contribution in [0.15, 0.2) is 0 Å². The third kappa shape index (κ3) is 3.48. The molecule has 94 valence electrons. The van der Waals surface area contributed by atoms with E-state index in [-0.39, 0.29) is 17.9 Å². The smallest absolute Gasteiger partial charge is 0.237 e. The number of carbonyl (C=O) groups is 1. The van der Waals surface area contributed by atoms with Crippen molar-refractivity contribution in [3.8, 4) is 0 Å². The van der Waals surface area contributed by atoms with Gasteiger partial charge in [-0.25, -0.2) is 0 Å². The van der Waals surface area contributed by atoms with Crippen LogP contribution in [-0.4, -0.2) is 18.0 Å². The van der Waals surface area contributed by atoms with Gasteiger partial charge in [0, 0.05) is 6.04 Å². The highest BCUT2D eigenvalue weighted by atomic mass is 16.2. The first-order valence-electron chi connectivity index (χ1n) is 6.47. The van der Waals surface area contributed by atoms with Gasteiger partial charge in [-0.1, -0.05) is 27.7 Å². The monoisotopic (exact) mass is 226 g/mol. The topological polar surface area (TPSA) is 55.1 Å². The predicted octanol–water partition coefficient (Wildman–Crippen LogP) is 1.91. The van der Waals surface area contributed by atoms with Gasteiger partial charge in [-0.05, 0) is 37.0 Å². The molecule has 2 unspecified atom stereocenters. The Morgan fingerprint density at radius 2 is 1.88 bits per heavy atom. The summed E-state index contributed by atoms with van der Waals surface area (Å²) in [6.07, 6.45) is 3.41. The molecule has 3 heteroatoms. The van der Waals surface area contributed by atoms with Crippen molar-refractivity contribution in [2.45, 2.75) is 59.0 Å². The van der Waals surface area contributed by atoms with Gasteiger partial charge in [0.1, 0.15) is 0 Å². The fraction of sp³-hybridized carbons (Fsp3) is 0.923. The predicted molar refractivity (Wildman–Crippen MR) is 66.9 cm³/mol. The van der Waals surface area contributed by atoms with Crippen LogP contribution in [0.5, 0.6) is 0 Å². The van der Waals surface area contributed by atoms with Gasteiger partial charge in [0.05, 0.1) is 6.04 Å². The van der Waals surface area contributed by atoms with E-state index >= 15 is 0 Å². The maximum Gasteiger partial charge on any atom is 0.237 e. The molecule has 0 aromatic heterocycles. The molecule has 16 heavy (non-hydrogen) atoms. The number of amides is 1. The molecule has 0 aromatic carbocycles. The van der Waals surface area contributed by atoms with Gasteiger partial charge in [-0.15, -0.1) is 0 Å². The van der Waals surface area contributed by atoms with E-state index in [9.17, 15) is 4.79 Å². The molecule has 1 amide bonds. The molecule has 0 spiro atoms. The molecule has 3 N–H and O–H groups in total. The quantitative estimate of drug-likeness (QED) is 0.772. The standard InChI is InChI=1S/C13H26N2O/c1-8(2)12(14)13(16)15-11-6-5-9(3)10(4)7-11/h8-12H,5-7,14H2,1-4H3,(H,15,16)/t9?,10-,11+,12?/m1/s1. The lowest BCUT2D eigenvalue weighted by Gasteiger charge is -2.33. The highest BCUT2D eigenvalue weighted by Crippen LogP contribution is 2.29. The van der Waals surface area contributed by atoms with E-state index in [1.54, 1.807) is 0 Å². The molecule has 0 aromatic rings. The molecule has 1 fully saturated rings. The minimum atomic E-state index is -0.366. The Bertz CT molecular complexity index is 240. The molecule has 0 bridgehead atoms. The van der Waals surface area contributed by atoms with Crippen LogP contribution in [0.2, 0.25) is 0 Å². The summed E-state index contributed by atoms with van der Waals surface area (Å²) in [5.74, 6) is 1.71. The van der Waals surface area contributed by atoms with Crippen LogP contribution in [0, 0.1) is 17.8 Å². The lowest BCUT2D eigenvalue weighted by molar-refractivity contribution is -0.124. The Hall–Kier alpha value is -0.570. The summed E-state index contributed by atoms with van der Waals surface area (Å²) in [7, 11) is 0. The molecular weight excluding hydrogens is 200 g/mol. The molecule has 1 rings (SSSR count). The van der Waals surface area contributed by atoms with Gasteiger partial charge < -0.3 is 11.1 Å². The highest BCUT2D eigenvalue weighted by Gasteiger charge is 2.27. The Morgan fingerprint density at radius 1 is 1.25 bits per heavy atom. The zero-order valence-electron chi connectivity index (χ0n) is 11.0. The van der Waals surface area contributed by atoms with Crippen LogP contribution in [0.3, 0.4) is 0 Å². The first-order chi connectivity index (χ1) is 7.41. The summed E-state index contributed by atoms with van der Waals surface area (Å²) in [4.78, 5) is 11.8. The number of carbonyl (C=O) groups excluding carboxylic acids is 1. The Labute approximate surface area is 99.2 Å². The zero-order chi connectivity index (χ0) is 12.3. The fourth-order valence-corrected chi connectivity index (χ4v) is 2.28. The average Bonchev–Trinajstić information content (AvgIpc) is 2.22. The van der Waals surface area contributed by atoms with Crippen molar-refractivity contribution in [1.29, 1.82) is 0 Å². The van der Waals surface area contributed by atoms with Crippen LogP contribution >= 0.6 is 0 Å². The number of hydrogen-bond donors (Lipinski definition) is 2. The van der Waals surface area contributed by atoms with Crippen molar-refractivity contribution in [2.75, 3.05) is 0 Å². The van der Waals surface area contributed by atoms with Crippen LogP contribution in [0.1, 0.15) is 47.0 Å². The summed E-state index contributed by atoms with van der Waals surface area (Å²) in [5.41, 5.74) is 5.83. The summed E-state index contributed by atoms with van der Waals surface area (Å²) >= 11 is 0. The van der Waals surface area contributed by atoms with Crippen LogP contribution in [0.4, 0.5) is 0 Å². The maximum absolute atomic E-state index is 11.8. The number of hydrogen-bond acceptors (Lipinski definition) is 2. The van der Waals surface area contributed by atoms with Gasteiger partial charge in [0.15, 0.2) is 0 Å². The second kappa shape index (κ2) is 5.67. The Kier molecular flexibility index (Phi) is 4.78. The Morgan fingerprint density at radius 3 is 2.38 bits per heavy atom. The SMILES string of the molecule is CC(C)C(N)C(=O)N[C@H]1CCC(C)[C@H](C)C1. The normalized spacial score (nSPS) is 32.5. The lowest BCUT2D eigenvalue weighted by Crippen LogP contribution is -2.49. The molecule has 0 saturated heterocycles. The third-order valence-corrected chi connectivity index (χ3v) is 3.97. The van der Waals surface area contributed by atoms with E-state index < -0.39 is 0 Å². The summed E-state index contributed by atoms with van der Waals surface area (Å²) in [6, 6.07) is -0.0295. The van der Waals surface area contributed by atoms with Crippen LogP contribution in [0.25, 0.3) is 0 Å². The maximum atomic E-state index is 11.8. The van der Waals surface area contributed by atoms with E-state index in [0.717, 1.165) is 18.8 Å². The number of nitrogens with one attached hydrogen (secondary N) is 1. The molecule has 4 atom stereocenters. The van der Waals surface area contributed by atoms with Crippen LogP contribution in [-0.2, 0) is 4.79 Å². The summed E-state index contributed by atoms with van der Waals surface area (Å²) in [5, 5.41) is 3.09. The largest absolute Gasteiger partial charge is 0.352 e. The minimum Gasteiger partial charge on any atom is -0.352 e. The van der Waals surface area contributed by atoms with E-state index in [2.05, 4.69) is 19.2 Å². The molecular formula is C13H26N2O. The van der Waals surface area contributed by atoms with Crippen molar-refractivity contribution >= 4 is 5.91 Å². The molecule has 0 aliphatic heterocycles. The molecule has 3 nitrogen and oxygen atoms in total. The van der Waals surface area contributed by atoms with Gasteiger partial charge >= 0.3 is 0 Å². The second-order valence-corrected chi connectivity index (χ2v) is 5.74. The summed E-state index contributed by atoms with van der Waals surface area (Å²) < 4.78 is 0. The van der Waals surface area contributed by atoms with Gasteiger partial charge in [-0.2, -0.15) is 0 Å². The Balaban J connectivity index is 2.40. The van der Waals surface area contributed by atoms with Crippen molar-refractivity contribution in [2.24, 2.45) is 23.5 Å². The van der Waals surface area contributed by atoms with Crippen molar-refractivity contribution in [3.63, 3.8) is 0 Å². The van der Waals surface area contributed by atoms with Gasteiger partial charge in [-0.3, -0.25) is 4.79 Å². The molecule has 0 radical (unpaired) electrons. The third-order valence-electron chi connectivity index (χ3n) is 3.97. The first-order valence-corrected chi connectivity index (χ1v) is 6.47. The number of nitrogens with two attached hydrogens (primary N) is 1. The zero-order valence-corrected chi connectivity index (χ0v) is 11.0. The summed E-state index contributed by atoms with van der Waals surface area (Å²) in [6.45, 7) is 8.53. The van der Waals surface area contributed by atoms with Gasteiger partial charge in [0.2, 0.25) is 5.91 Å². The van der Waals surface area contributed by atoms with Crippen molar-refractivity contribution < 1.29 is 4.79 Å². The molecule has 1 saturated carbocycles. The minimum absolute atomic E-state index is 0.0155. The van der Waals surface area contributed by atoms with E-state index in [1.165, 1.54) is 6.42 Å². The average molecular weight is 226 g/mol. The second-order valence-electron chi connectivity index (χ2n) is 5.74. The van der Waals surface area contributed by atoms with Gasteiger partial charge in [0.25, 0.3) is 0 Å². The first kappa shape index (κ1) is 13.5. The number of rotatable bonds is 3. The van der Waals surface area contributed by atoms with E-state index in [1.807, 2.05) is 13.8 Å². The van der Waals surface area contributed by atoms with Crippen molar-refractivity contribution in [3.05, 3.63) is 0 Å².